The molecule has 0 saturated heterocycles. The van der Waals surface area contributed by atoms with Crippen LogP contribution in [-0.2, 0) is 11.3 Å². The number of carbonyl (C=O) groups is 2. The number of ether oxygens (including phenoxy) is 2. The zero-order valence-corrected chi connectivity index (χ0v) is 17.4. The van der Waals surface area contributed by atoms with Crippen LogP contribution in [0, 0.1) is 0 Å². The predicted molar refractivity (Wildman–Crippen MR) is 119 cm³/mol. The first-order valence-corrected chi connectivity index (χ1v) is 9.92. The van der Waals surface area contributed by atoms with Crippen molar-refractivity contribution >= 4 is 35.2 Å². The molecule has 0 saturated carbocycles. The minimum absolute atomic E-state index is 0.142. The summed E-state index contributed by atoms with van der Waals surface area (Å²) in [6, 6.07) is 19.4. The highest BCUT2D eigenvalue weighted by molar-refractivity contribution is 6.30. The van der Waals surface area contributed by atoms with E-state index in [9.17, 15) is 9.59 Å². The number of methoxy groups -OCH3 is 1. The Morgan fingerprint density at radius 2 is 1.97 bits per heavy atom. The number of hydrogen-bond donors (Lipinski definition) is 2. The zero-order valence-electron chi connectivity index (χ0n) is 16.6. The number of para-hydroxylation sites is 1. The molecule has 1 aliphatic rings. The largest absolute Gasteiger partial charge is 0.496 e. The molecule has 1 aliphatic heterocycles. The Morgan fingerprint density at radius 1 is 1.13 bits per heavy atom. The van der Waals surface area contributed by atoms with Crippen LogP contribution in [0.5, 0.6) is 11.5 Å². The van der Waals surface area contributed by atoms with Gasteiger partial charge in [0.2, 0.25) is 0 Å². The Morgan fingerprint density at radius 3 is 2.77 bits per heavy atom. The minimum atomic E-state index is -0.404. The van der Waals surface area contributed by atoms with Crippen molar-refractivity contribution in [1.82, 2.24) is 5.32 Å². The second-order valence-electron chi connectivity index (χ2n) is 6.83. The van der Waals surface area contributed by atoms with Crippen molar-refractivity contribution in [3.05, 3.63) is 94.2 Å². The molecule has 0 unspecified atom stereocenters. The van der Waals surface area contributed by atoms with Crippen LogP contribution in [0.15, 0.2) is 72.5 Å². The Kier molecular flexibility index (Phi) is 5.91. The molecular weight excluding hydrogens is 416 g/mol. The molecule has 0 atom stereocenters. The minimum Gasteiger partial charge on any atom is -0.496 e. The molecule has 0 radical (unpaired) electrons. The van der Waals surface area contributed by atoms with Crippen LogP contribution in [-0.4, -0.2) is 18.9 Å². The summed E-state index contributed by atoms with van der Waals surface area (Å²) in [5, 5.41) is 6.19. The summed E-state index contributed by atoms with van der Waals surface area (Å²) in [4.78, 5) is 25.0. The molecule has 0 spiro atoms. The number of amides is 2. The predicted octanol–water partition coefficient (Wildman–Crippen LogP) is 4.65. The summed E-state index contributed by atoms with van der Waals surface area (Å²) >= 11 is 5.99. The van der Waals surface area contributed by atoms with E-state index in [1.54, 1.807) is 49.6 Å². The average molecular weight is 435 g/mol. The lowest BCUT2D eigenvalue weighted by Crippen LogP contribution is -2.26. The number of rotatable bonds is 5. The average Bonchev–Trinajstić information content (AvgIpc) is 2.78. The van der Waals surface area contributed by atoms with Gasteiger partial charge in [0, 0.05) is 22.7 Å². The summed E-state index contributed by atoms with van der Waals surface area (Å²) in [6.45, 7) is 0.315. The summed E-state index contributed by atoms with van der Waals surface area (Å²) in [5.74, 6) is 0.618. The molecule has 0 aliphatic carbocycles. The molecule has 0 bridgehead atoms. The number of fused-ring (bicyclic) bond motifs is 1. The molecule has 31 heavy (non-hydrogen) atoms. The molecule has 156 valence electrons. The van der Waals surface area contributed by atoms with Gasteiger partial charge in [-0.25, -0.2) is 0 Å². The molecule has 0 fully saturated rings. The van der Waals surface area contributed by atoms with Crippen molar-refractivity contribution < 1.29 is 19.1 Å². The fourth-order valence-corrected chi connectivity index (χ4v) is 3.37. The normalized spacial score (nSPS) is 13.7. The highest BCUT2D eigenvalue weighted by Gasteiger charge is 2.23. The van der Waals surface area contributed by atoms with E-state index in [1.165, 1.54) is 0 Å². The van der Waals surface area contributed by atoms with Crippen LogP contribution in [0.25, 0.3) is 6.08 Å². The number of carbonyl (C=O) groups excluding carboxylic acids is 2. The molecule has 4 rings (SSSR count). The number of nitrogens with one attached hydrogen (secondary N) is 2. The van der Waals surface area contributed by atoms with E-state index >= 15 is 0 Å². The summed E-state index contributed by atoms with van der Waals surface area (Å²) < 4.78 is 11.0. The number of anilines is 1. The third-order valence-corrected chi connectivity index (χ3v) is 4.95. The third kappa shape index (κ3) is 4.70. The SMILES string of the molecule is COc1ccccc1CNC(=O)c1ccc2c(c1)NC(=O)C(=Cc1cccc(Cl)c1)O2. The lowest BCUT2D eigenvalue weighted by Gasteiger charge is -2.20. The Labute approximate surface area is 184 Å². The van der Waals surface area contributed by atoms with Gasteiger partial charge in [-0.15, -0.1) is 0 Å². The maximum atomic E-state index is 12.6. The van der Waals surface area contributed by atoms with Gasteiger partial charge in [0.05, 0.1) is 12.8 Å². The fraction of sp³-hybridized carbons (Fsp3) is 0.0833. The quantitative estimate of drug-likeness (QED) is 0.573. The molecule has 2 N–H and O–H groups in total. The number of benzene rings is 3. The van der Waals surface area contributed by atoms with Crippen LogP contribution in [0.2, 0.25) is 5.02 Å². The van der Waals surface area contributed by atoms with Gasteiger partial charge in [0.25, 0.3) is 11.8 Å². The van der Waals surface area contributed by atoms with E-state index in [0.29, 0.717) is 34.3 Å². The first-order valence-electron chi connectivity index (χ1n) is 9.54. The molecule has 7 heteroatoms. The maximum absolute atomic E-state index is 12.6. The zero-order chi connectivity index (χ0) is 21.8. The third-order valence-electron chi connectivity index (χ3n) is 4.71. The fourth-order valence-electron chi connectivity index (χ4n) is 3.18. The summed E-state index contributed by atoms with van der Waals surface area (Å²) in [6.07, 6.45) is 1.61. The summed E-state index contributed by atoms with van der Waals surface area (Å²) in [7, 11) is 1.59. The van der Waals surface area contributed by atoms with Gasteiger partial charge in [0.1, 0.15) is 5.75 Å². The van der Waals surface area contributed by atoms with Crippen LogP contribution >= 0.6 is 11.6 Å². The first-order chi connectivity index (χ1) is 15.0. The van der Waals surface area contributed by atoms with Crippen molar-refractivity contribution in [3.8, 4) is 11.5 Å². The van der Waals surface area contributed by atoms with Gasteiger partial charge in [-0.1, -0.05) is 41.9 Å². The van der Waals surface area contributed by atoms with Gasteiger partial charge >= 0.3 is 0 Å². The highest BCUT2D eigenvalue weighted by Crippen LogP contribution is 2.32. The molecule has 6 nitrogen and oxygen atoms in total. The Balaban J connectivity index is 1.49. The van der Waals surface area contributed by atoms with Gasteiger partial charge in [0.15, 0.2) is 11.5 Å². The molecule has 3 aromatic rings. The van der Waals surface area contributed by atoms with Crippen molar-refractivity contribution in [1.29, 1.82) is 0 Å². The molecule has 2 amide bonds. The summed E-state index contributed by atoms with van der Waals surface area (Å²) in [5.41, 5.74) is 2.44. The van der Waals surface area contributed by atoms with Crippen LogP contribution in [0.1, 0.15) is 21.5 Å². The van der Waals surface area contributed by atoms with E-state index in [4.69, 9.17) is 21.1 Å². The van der Waals surface area contributed by atoms with Crippen molar-refractivity contribution in [2.75, 3.05) is 12.4 Å². The van der Waals surface area contributed by atoms with Gasteiger partial charge in [-0.3, -0.25) is 9.59 Å². The molecule has 0 aromatic heterocycles. The Hall–Kier alpha value is -3.77. The topological polar surface area (TPSA) is 76.7 Å². The monoisotopic (exact) mass is 434 g/mol. The van der Waals surface area contributed by atoms with Gasteiger partial charge in [-0.05, 0) is 48.0 Å². The van der Waals surface area contributed by atoms with E-state index in [2.05, 4.69) is 10.6 Å². The van der Waals surface area contributed by atoms with E-state index in [0.717, 1.165) is 11.1 Å². The maximum Gasteiger partial charge on any atom is 0.291 e. The second-order valence-corrected chi connectivity index (χ2v) is 7.26. The van der Waals surface area contributed by atoms with Crippen molar-refractivity contribution in [2.24, 2.45) is 0 Å². The van der Waals surface area contributed by atoms with E-state index in [-0.39, 0.29) is 11.7 Å². The standard InChI is InChI=1S/C24H19ClN2O4/c1-30-20-8-3-2-6-17(20)14-26-23(28)16-9-10-21-19(13-16)27-24(29)22(31-21)12-15-5-4-7-18(25)11-15/h2-13H,14H2,1H3,(H,26,28)(H,27,29). The molecular formula is C24H19ClN2O4. The number of hydrogen-bond acceptors (Lipinski definition) is 4. The van der Waals surface area contributed by atoms with Gasteiger partial charge < -0.3 is 20.1 Å². The Bertz CT molecular complexity index is 1190. The molecule has 3 aromatic carbocycles. The van der Waals surface area contributed by atoms with Crippen LogP contribution in [0.3, 0.4) is 0 Å². The van der Waals surface area contributed by atoms with Crippen molar-refractivity contribution in [3.63, 3.8) is 0 Å². The highest BCUT2D eigenvalue weighted by atomic mass is 35.5. The van der Waals surface area contributed by atoms with Gasteiger partial charge in [-0.2, -0.15) is 0 Å². The van der Waals surface area contributed by atoms with Crippen molar-refractivity contribution in [2.45, 2.75) is 6.54 Å². The lowest BCUT2D eigenvalue weighted by atomic mass is 10.1. The first kappa shape index (κ1) is 20.5. The second kappa shape index (κ2) is 8.93. The van der Waals surface area contributed by atoms with E-state index < -0.39 is 5.91 Å². The lowest BCUT2D eigenvalue weighted by molar-refractivity contribution is -0.115. The smallest absolute Gasteiger partial charge is 0.291 e. The van der Waals surface area contributed by atoms with Crippen LogP contribution in [0.4, 0.5) is 5.69 Å². The van der Waals surface area contributed by atoms with Crippen LogP contribution < -0.4 is 20.1 Å². The number of halogens is 1. The molecule has 1 heterocycles. The van der Waals surface area contributed by atoms with E-state index in [1.807, 2.05) is 30.3 Å².